The van der Waals surface area contributed by atoms with Gasteiger partial charge in [0.05, 0.1) is 0 Å². The Hall–Kier alpha value is 0.0500. The maximum Gasteiger partial charge on any atom is 0.0201 e. The second kappa shape index (κ2) is 7.34. The second-order valence-corrected chi connectivity index (χ2v) is 5.98. The highest BCUT2D eigenvalue weighted by molar-refractivity contribution is 7.99. The summed E-state index contributed by atoms with van der Waals surface area (Å²) in [7, 11) is 0. The summed E-state index contributed by atoms with van der Waals surface area (Å²) in [5.41, 5.74) is 0. The van der Waals surface area contributed by atoms with Crippen LogP contribution in [0.25, 0.3) is 0 Å². The number of thioether (sulfide) groups is 1. The highest BCUT2D eigenvalue weighted by Gasteiger charge is 2.27. The predicted octanol–water partition coefficient (Wildman–Crippen LogP) is 3.60. The van der Waals surface area contributed by atoms with E-state index in [1.807, 2.05) is 6.08 Å². The van der Waals surface area contributed by atoms with E-state index in [9.17, 15) is 0 Å². The van der Waals surface area contributed by atoms with Crippen molar-refractivity contribution in [2.45, 2.75) is 63.3 Å². The SMILES string of the molecule is C=CCCC(C)NC1CCCC1SCC. The van der Waals surface area contributed by atoms with Gasteiger partial charge < -0.3 is 5.32 Å². The van der Waals surface area contributed by atoms with Crippen LogP contribution in [0.1, 0.15) is 46.0 Å². The number of hydrogen-bond donors (Lipinski definition) is 1. The van der Waals surface area contributed by atoms with Gasteiger partial charge in [-0.15, -0.1) is 6.58 Å². The van der Waals surface area contributed by atoms with E-state index in [2.05, 4.69) is 37.5 Å². The zero-order valence-electron chi connectivity index (χ0n) is 10.2. The van der Waals surface area contributed by atoms with Crippen LogP contribution in [0, 0.1) is 0 Å². The van der Waals surface area contributed by atoms with Crippen molar-refractivity contribution < 1.29 is 0 Å². The van der Waals surface area contributed by atoms with Crippen molar-refractivity contribution in [1.82, 2.24) is 5.32 Å². The fraction of sp³-hybridized carbons (Fsp3) is 0.846. The topological polar surface area (TPSA) is 12.0 Å². The summed E-state index contributed by atoms with van der Waals surface area (Å²) >= 11 is 2.13. The third kappa shape index (κ3) is 4.60. The number of allylic oxidation sites excluding steroid dienone is 1. The first kappa shape index (κ1) is 13.1. The van der Waals surface area contributed by atoms with Gasteiger partial charge in [-0.25, -0.2) is 0 Å². The second-order valence-electron chi connectivity index (χ2n) is 4.46. The van der Waals surface area contributed by atoms with Crippen LogP contribution in [0.4, 0.5) is 0 Å². The summed E-state index contributed by atoms with van der Waals surface area (Å²) in [5.74, 6) is 1.25. The Balaban J connectivity index is 2.26. The van der Waals surface area contributed by atoms with Gasteiger partial charge in [-0.05, 0) is 38.4 Å². The largest absolute Gasteiger partial charge is 0.310 e. The minimum absolute atomic E-state index is 0.644. The molecule has 0 radical (unpaired) electrons. The quantitative estimate of drug-likeness (QED) is 0.667. The van der Waals surface area contributed by atoms with Crippen LogP contribution in [0.3, 0.4) is 0 Å². The molecule has 0 aliphatic heterocycles. The Morgan fingerprint density at radius 1 is 1.53 bits per heavy atom. The molecule has 2 heteroatoms. The monoisotopic (exact) mass is 227 g/mol. The van der Waals surface area contributed by atoms with Crippen LogP contribution in [0.2, 0.25) is 0 Å². The molecule has 88 valence electrons. The van der Waals surface area contributed by atoms with Crippen molar-refractivity contribution in [1.29, 1.82) is 0 Å². The van der Waals surface area contributed by atoms with Gasteiger partial charge in [0, 0.05) is 17.3 Å². The predicted molar refractivity (Wildman–Crippen MR) is 71.6 cm³/mol. The lowest BCUT2D eigenvalue weighted by molar-refractivity contribution is 0.438. The molecule has 3 unspecified atom stereocenters. The molecule has 1 aliphatic carbocycles. The van der Waals surface area contributed by atoms with E-state index >= 15 is 0 Å². The average Bonchev–Trinajstić information content (AvgIpc) is 2.63. The Bertz CT molecular complexity index is 181. The fourth-order valence-electron chi connectivity index (χ4n) is 2.35. The minimum atomic E-state index is 0.644. The van der Waals surface area contributed by atoms with E-state index in [-0.39, 0.29) is 0 Å². The molecule has 0 bridgehead atoms. The van der Waals surface area contributed by atoms with Crippen molar-refractivity contribution >= 4 is 11.8 Å². The highest BCUT2D eigenvalue weighted by Crippen LogP contribution is 2.30. The fourth-order valence-corrected chi connectivity index (χ4v) is 3.56. The standard InChI is InChI=1S/C13H25NS/c1-4-6-8-11(3)14-12-9-7-10-13(12)15-5-2/h4,11-14H,1,5-10H2,2-3H3. The smallest absolute Gasteiger partial charge is 0.0201 e. The Kier molecular flexibility index (Phi) is 6.42. The van der Waals surface area contributed by atoms with Gasteiger partial charge in [-0.3, -0.25) is 0 Å². The first-order valence-electron chi connectivity index (χ1n) is 6.26. The maximum atomic E-state index is 3.78. The molecule has 0 heterocycles. The molecule has 0 aromatic carbocycles. The average molecular weight is 227 g/mol. The summed E-state index contributed by atoms with van der Waals surface area (Å²) in [6.07, 6.45) is 8.56. The molecule has 1 rings (SSSR count). The molecule has 0 aromatic heterocycles. The number of nitrogens with one attached hydrogen (secondary N) is 1. The van der Waals surface area contributed by atoms with Crippen molar-refractivity contribution in [3.05, 3.63) is 12.7 Å². The minimum Gasteiger partial charge on any atom is -0.310 e. The van der Waals surface area contributed by atoms with Crippen LogP contribution >= 0.6 is 11.8 Å². The molecular formula is C13H25NS. The molecule has 15 heavy (non-hydrogen) atoms. The Labute approximate surface area is 99.1 Å². The molecule has 1 fully saturated rings. The third-order valence-electron chi connectivity index (χ3n) is 3.14. The lowest BCUT2D eigenvalue weighted by Crippen LogP contribution is -2.40. The summed E-state index contributed by atoms with van der Waals surface area (Å²) < 4.78 is 0. The van der Waals surface area contributed by atoms with Gasteiger partial charge >= 0.3 is 0 Å². The van der Waals surface area contributed by atoms with Crippen LogP contribution in [0.15, 0.2) is 12.7 Å². The number of hydrogen-bond acceptors (Lipinski definition) is 2. The maximum absolute atomic E-state index is 3.78. The molecule has 0 spiro atoms. The normalized spacial score (nSPS) is 27.9. The van der Waals surface area contributed by atoms with E-state index in [0.717, 1.165) is 17.7 Å². The van der Waals surface area contributed by atoms with E-state index in [4.69, 9.17) is 0 Å². The first-order chi connectivity index (χ1) is 7.27. The Morgan fingerprint density at radius 2 is 2.33 bits per heavy atom. The summed E-state index contributed by atoms with van der Waals surface area (Å²) in [5, 5.41) is 4.64. The Morgan fingerprint density at radius 3 is 3.00 bits per heavy atom. The van der Waals surface area contributed by atoms with Crippen molar-refractivity contribution in [2.75, 3.05) is 5.75 Å². The van der Waals surface area contributed by atoms with Crippen molar-refractivity contribution in [3.63, 3.8) is 0 Å². The van der Waals surface area contributed by atoms with Crippen LogP contribution in [-0.2, 0) is 0 Å². The zero-order chi connectivity index (χ0) is 11.1. The third-order valence-corrected chi connectivity index (χ3v) is 4.46. The van der Waals surface area contributed by atoms with E-state index in [0.29, 0.717) is 6.04 Å². The molecule has 0 amide bonds. The van der Waals surface area contributed by atoms with Gasteiger partial charge in [0.2, 0.25) is 0 Å². The van der Waals surface area contributed by atoms with Crippen LogP contribution < -0.4 is 5.32 Å². The molecule has 1 aliphatic rings. The molecule has 1 N–H and O–H groups in total. The van der Waals surface area contributed by atoms with E-state index in [1.54, 1.807) is 0 Å². The van der Waals surface area contributed by atoms with Gasteiger partial charge in [-0.2, -0.15) is 11.8 Å². The van der Waals surface area contributed by atoms with Gasteiger partial charge in [0.25, 0.3) is 0 Å². The van der Waals surface area contributed by atoms with Crippen molar-refractivity contribution in [3.8, 4) is 0 Å². The van der Waals surface area contributed by atoms with Gasteiger partial charge in [-0.1, -0.05) is 19.4 Å². The molecule has 1 nitrogen and oxygen atoms in total. The lowest BCUT2D eigenvalue weighted by atomic mass is 10.1. The van der Waals surface area contributed by atoms with Crippen molar-refractivity contribution in [2.24, 2.45) is 0 Å². The number of rotatable bonds is 7. The van der Waals surface area contributed by atoms with Gasteiger partial charge in [0.1, 0.15) is 0 Å². The zero-order valence-corrected chi connectivity index (χ0v) is 11.0. The van der Waals surface area contributed by atoms with Crippen LogP contribution in [-0.4, -0.2) is 23.1 Å². The summed E-state index contributed by atoms with van der Waals surface area (Å²) in [6, 6.07) is 1.40. The summed E-state index contributed by atoms with van der Waals surface area (Å²) in [6.45, 7) is 8.34. The van der Waals surface area contributed by atoms with E-state index in [1.165, 1.54) is 31.4 Å². The molecule has 1 saturated carbocycles. The highest BCUT2D eigenvalue weighted by atomic mass is 32.2. The lowest BCUT2D eigenvalue weighted by Gasteiger charge is -2.24. The molecular weight excluding hydrogens is 202 g/mol. The molecule has 3 atom stereocenters. The summed E-state index contributed by atoms with van der Waals surface area (Å²) in [4.78, 5) is 0. The molecule has 0 aromatic rings. The van der Waals surface area contributed by atoms with Crippen LogP contribution in [0.5, 0.6) is 0 Å². The van der Waals surface area contributed by atoms with Gasteiger partial charge in [0.15, 0.2) is 0 Å². The van der Waals surface area contributed by atoms with E-state index < -0.39 is 0 Å². The first-order valence-corrected chi connectivity index (χ1v) is 7.31. The molecule has 0 saturated heterocycles.